The van der Waals surface area contributed by atoms with E-state index in [-0.39, 0.29) is 0 Å². The molecule has 0 aliphatic rings. The molecule has 0 bridgehead atoms. The largest absolute Gasteiger partial charge is 0.393 e. The molecule has 5 heteroatoms. The zero-order chi connectivity index (χ0) is 7.49. The molecule has 0 spiro atoms. The molecule has 0 aromatic heterocycles. The summed E-state index contributed by atoms with van der Waals surface area (Å²) in [4.78, 5) is 10.1. The van der Waals surface area contributed by atoms with Gasteiger partial charge in [-0.1, -0.05) is 0 Å². The van der Waals surface area contributed by atoms with E-state index in [2.05, 4.69) is 5.73 Å². The van der Waals surface area contributed by atoms with E-state index in [0.717, 1.165) is 0 Å². The Morgan fingerprint density at radius 1 is 1.44 bits per heavy atom. The van der Waals surface area contributed by atoms with Gasteiger partial charge in [0, 0.05) is 0 Å². The van der Waals surface area contributed by atoms with E-state index >= 15 is 0 Å². The van der Waals surface area contributed by atoms with Gasteiger partial charge in [0.2, 0.25) is 0 Å². The van der Waals surface area contributed by atoms with Crippen LogP contribution in [0.15, 0.2) is 0 Å². The zero-order valence-corrected chi connectivity index (χ0v) is 4.74. The molecule has 0 atom stereocenters. The van der Waals surface area contributed by atoms with Gasteiger partial charge >= 0.3 is 0 Å². The molecule has 0 rings (SSSR count). The summed E-state index contributed by atoms with van der Waals surface area (Å²) >= 11 is 0. The van der Waals surface area contributed by atoms with Crippen molar-refractivity contribution in [1.29, 1.82) is 0 Å². The van der Waals surface area contributed by atoms with E-state index in [9.17, 15) is 4.79 Å². The Morgan fingerprint density at radius 3 is 1.78 bits per heavy atom. The lowest BCUT2D eigenvalue weighted by Crippen LogP contribution is -2.50. The van der Waals surface area contributed by atoms with Crippen molar-refractivity contribution in [2.24, 2.45) is 5.73 Å². The molecule has 0 heterocycles. The van der Waals surface area contributed by atoms with E-state index in [1.54, 1.807) is 0 Å². The van der Waals surface area contributed by atoms with Gasteiger partial charge < -0.3 is 21.1 Å². The van der Waals surface area contributed by atoms with Crippen molar-refractivity contribution in [3.8, 4) is 0 Å². The maximum absolute atomic E-state index is 10.1. The molecule has 0 aliphatic carbocycles. The number of nitrogens with two attached hydrogens (primary N) is 1. The quantitative estimate of drug-likeness (QED) is 0.335. The third-order valence-electron chi connectivity index (χ3n) is 0.982. The van der Waals surface area contributed by atoms with Crippen LogP contribution in [-0.4, -0.2) is 40.0 Å². The summed E-state index contributed by atoms with van der Waals surface area (Å²) < 4.78 is 0. The summed E-state index contributed by atoms with van der Waals surface area (Å²) in [5.41, 5.74) is 2.42. The number of hydrogen-bond acceptors (Lipinski definition) is 4. The van der Waals surface area contributed by atoms with Crippen molar-refractivity contribution in [3.05, 3.63) is 0 Å². The maximum atomic E-state index is 10.1. The van der Waals surface area contributed by atoms with Crippen LogP contribution in [-0.2, 0) is 4.79 Å². The monoisotopic (exact) mass is 135 g/mol. The highest BCUT2D eigenvalue weighted by molar-refractivity contribution is 5.83. The van der Waals surface area contributed by atoms with Gasteiger partial charge in [-0.05, 0) is 0 Å². The third-order valence-corrected chi connectivity index (χ3v) is 0.982. The van der Waals surface area contributed by atoms with E-state index in [0.29, 0.717) is 0 Å². The number of hydrogen-bond donors (Lipinski definition) is 4. The molecule has 0 unspecified atom stereocenters. The van der Waals surface area contributed by atoms with E-state index in [1.807, 2.05) is 0 Å². The second-order valence-electron chi connectivity index (χ2n) is 1.71. The average molecular weight is 135 g/mol. The molecular formula is C4H9NO4. The van der Waals surface area contributed by atoms with Crippen LogP contribution in [0.25, 0.3) is 0 Å². The first-order valence-corrected chi connectivity index (χ1v) is 2.31. The number of aliphatic hydroxyl groups excluding tert-OH is 2. The molecule has 5 N–H and O–H groups in total. The van der Waals surface area contributed by atoms with Gasteiger partial charge in [-0.2, -0.15) is 0 Å². The zero-order valence-electron chi connectivity index (χ0n) is 4.74. The number of amides is 1. The Kier molecular flexibility index (Phi) is 2.57. The highest BCUT2D eigenvalue weighted by Crippen LogP contribution is 1.98. The summed E-state index contributed by atoms with van der Waals surface area (Å²) in [6.45, 7) is -1.72. The fourth-order valence-electron chi connectivity index (χ4n) is 0.206. The minimum absolute atomic E-state index is 0.862. The fourth-order valence-corrected chi connectivity index (χ4v) is 0.206. The molecule has 0 radical (unpaired) electrons. The lowest BCUT2D eigenvalue weighted by atomic mass is 10.1. The molecule has 5 nitrogen and oxygen atoms in total. The summed E-state index contributed by atoms with van der Waals surface area (Å²) in [6.07, 6.45) is 0. The first-order chi connectivity index (χ1) is 4.06. The molecule has 0 saturated carbocycles. The summed E-state index contributed by atoms with van der Waals surface area (Å²) in [5, 5.41) is 25.2. The summed E-state index contributed by atoms with van der Waals surface area (Å²) in [7, 11) is 0. The lowest BCUT2D eigenvalue weighted by molar-refractivity contribution is -0.145. The Bertz CT molecular complexity index is 109. The Morgan fingerprint density at radius 2 is 1.78 bits per heavy atom. The topological polar surface area (TPSA) is 104 Å². The first-order valence-electron chi connectivity index (χ1n) is 2.31. The SMILES string of the molecule is NC(=O)C(O)(CO)CO. The van der Waals surface area contributed by atoms with E-state index in [1.165, 1.54) is 0 Å². The molecule has 0 aliphatic heterocycles. The molecule has 9 heavy (non-hydrogen) atoms. The first kappa shape index (κ1) is 8.35. The molecule has 0 fully saturated rings. The predicted molar refractivity (Wildman–Crippen MR) is 28.3 cm³/mol. The van der Waals surface area contributed by atoms with Gasteiger partial charge in [-0.25, -0.2) is 0 Å². The number of primary amides is 1. The molecule has 0 aromatic carbocycles. The van der Waals surface area contributed by atoms with Crippen molar-refractivity contribution < 1.29 is 20.1 Å². The summed E-state index contributed by atoms with van der Waals surface area (Å²) in [6, 6.07) is 0. The van der Waals surface area contributed by atoms with Crippen LogP contribution in [0.2, 0.25) is 0 Å². The third kappa shape index (κ3) is 1.63. The Hall–Kier alpha value is -0.650. The van der Waals surface area contributed by atoms with Crippen molar-refractivity contribution in [1.82, 2.24) is 0 Å². The fraction of sp³-hybridized carbons (Fsp3) is 0.750. The van der Waals surface area contributed by atoms with Crippen LogP contribution in [0.5, 0.6) is 0 Å². The van der Waals surface area contributed by atoms with Crippen molar-refractivity contribution in [3.63, 3.8) is 0 Å². The van der Waals surface area contributed by atoms with Crippen molar-refractivity contribution in [2.75, 3.05) is 13.2 Å². The van der Waals surface area contributed by atoms with Gasteiger partial charge in [0.25, 0.3) is 5.91 Å². The van der Waals surface area contributed by atoms with E-state index in [4.69, 9.17) is 15.3 Å². The maximum Gasteiger partial charge on any atom is 0.254 e. The minimum Gasteiger partial charge on any atom is -0.393 e. The Balaban J connectivity index is 4.09. The van der Waals surface area contributed by atoms with Crippen LogP contribution < -0.4 is 5.73 Å². The standard InChI is InChI=1S/C4H9NO4/c5-3(8)4(9,1-6)2-7/h6-7,9H,1-2H2,(H2,5,8). The van der Waals surface area contributed by atoms with Crippen LogP contribution in [0, 0.1) is 0 Å². The molecule has 0 saturated heterocycles. The number of carbonyl (C=O) groups is 1. The predicted octanol–water partition coefficient (Wildman–Crippen LogP) is -2.81. The van der Waals surface area contributed by atoms with E-state index < -0.39 is 24.7 Å². The highest BCUT2D eigenvalue weighted by Gasteiger charge is 2.31. The normalized spacial score (nSPS) is 11.4. The van der Waals surface area contributed by atoms with Crippen LogP contribution in [0.3, 0.4) is 0 Å². The van der Waals surface area contributed by atoms with Gasteiger partial charge in [-0.3, -0.25) is 4.79 Å². The Labute approximate surface area is 51.7 Å². The van der Waals surface area contributed by atoms with Gasteiger partial charge in [-0.15, -0.1) is 0 Å². The molecule has 0 aromatic rings. The smallest absolute Gasteiger partial charge is 0.254 e. The number of aliphatic hydroxyl groups is 3. The second kappa shape index (κ2) is 2.77. The van der Waals surface area contributed by atoms with Gasteiger partial charge in [0.05, 0.1) is 13.2 Å². The van der Waals surface area contributed by atoms with Crippen LogP contribution in [0.1, 0.15) is 0 Å². The molecule has 54 valence electrons. The lowest BCUT2D eigenvalue weighted by Gasteiger charge is -2.17. The van der Waals surface area contributed by atoms with Crippen molar-refractivity contribution >= 4 is 5.91 Å². The highest BCUT2D eigenvalue weighted by atomic mass is 16.4. The average Bonchev–Trinajstić information content (AvgIpc) is 1.86. The molecular weight excluding hydrogens is 126 g/mol. The van der Waals surface area contributed by atoms with Gasteiger partial charge in [0.1, 0.15) is 0 Å². The number of rotatable bonds is 3. The minimum atomic E-state index is -2.17. The number of carbonyl (C=O) groups excluding carboxylic acids is 1. The van der Waals surface area contributed by atoms with Crippen LogP contribution >= 0.6 is 0 Å². The van der Waals surface area contributed by atoms with Crippen LogP contribution in [0.4, 0.5) is 0 Å². The van der Waals surface area contributed by atoms with Gasteiger partial charge in [0.15, 0.2) is 5.60 Å². The van der Waals surface area contributed by atoms with Crippen molar-refractivity contribution in [2.45, 2.75) is 5.60 Å². The summed E-state index contributed by atoms with van der Waals surface area (Å²) in [5.74, 6) is -1.13. The second-order valence-corrected chi connectivity index (χ2v) is 1.71. The molecule has 1 amide bonds.